The van der Waals surface area contributed by atoms with E-state index in [-0.39, 0.29) is 32.0 Å². The molecule has 0 saturated carbocycles. The molecule has 0 aromatic heterocycles. The van der Waals surface area contributed by atoms with Crippen LogP contribution in [0.2, 0.25) is 0 Å². The van der Waals surface area contributed by atoms with E-state index in [2.05, 4.69) is 74.6 Å². The SMILES string of the molecule is CCCCCC/C=C\C/C=C\CCCCCCCCCC(=O)OCC(COP(=O)([O-])OCC[N+](C)(C)C)OC(=O)CCCCCCCCCCCCCCCC/C=C\C/C=C\C/C=C\CCCCCCC. The van der Waals surface area contributed by atoms with Gasteiger partial charge in [0.15, 0.2) is 6.10 Å². The highest BCUT2D eigenvalue weighted by atomic mass is 31.2. The summed E-state index contributed by atoms with van der Waals surface area (Å²) in [6.07, 6.45) is 66.9. The maximum Gasteiger partial charge on any atom is 0.306 e. The lowest BCUT2D eigenvalue weighted by Gasteiger charge is -2.28. The Labute approximate surface area is 438 Å². The van der Waals surface area contributed by atoms with Gasteiger partial charge in [0.05, 0.1) is 27.7 Å². The second-order valence-corrected chi connectivity index (χ2v) is 22.4. The number of phosphoric acid groups is 1. The van der Waals surface area contributed by atoms with Crippen molar-refractivity contribution in [3.05, 3.63) is 60.8 Å². The average molecular weight is 1020 g/mol. The van der Waals surface area contributed by atoms with Crippen LogP contribution in [-0.4, -0.2) is 70.0 Å². The van der Waals surface area contributed by atoms with Gasteiger partial charge in [0.2, 0.25) is 0 Å². The second kappa shape index (κ2) is 52.6. The summed E-state index contributed by atoms with van der Waals surface area (Å²) in [7, 11) is 1.16. The fraction of sp³-hybridized carbons (Fsp3) is 0.803. The number of hydrogen-bond acceptors (Lipinski definition) is 8. The lowest BCUT2D eigenvalue weighted by molar-refractivity contribution is -0.870. The van der Waals surface area contributed by atoms with E-state index in [9.17, 15) is 19.0 Å². The van der Waals surface area contributed by atoms with E-state index in [4.69, 9.17) is 18.5 Å². The molecule has 0 bridgehead atoms. The Balaban J connectivity index is 4.13. The molecule has 0 aliphatic heterocycles. The van der Waals surface area contributed by atoms with Crippen LogP contribution in [0.4, 0.5) is 0 Å². The molecule has 71 heavy (non-hydrogen) atoms. The molecule has 0 aliphatic rings. The van der Waals surface area contributed by atoms with E-state index in [1.807, 2.05) is 21.1 Å². The van der Waals surface area contributed by atoms with Crippen LogP contribution in [0, 0.1) is 0 Å². The molecule has 414 valence electrons. The van der Waals surface area contributed by atoms with Gasteiger partial charge >= 0.3 is 11.9 Å². The van der Waals surface area contributed by atoms with Crippen LogP contribution in [-0.2, 0) is 32.7 Å². The normalized spacial score (nSPS) is 13.7. The molecule has 0 rings (SSSR count). The van der Waals surface area contributed by atoms with Crippen molar-refractivity contribution < 1.29 is 42.1 Å². The van der Waals surface area contributed by atoms with Gasteiger partial charge in [-0.25, -0.2) is 0 Å². The lowest BCUT2D eigenvalue weighted by atomic mass is 10.0. The predicted molar refractivity (Wildman–Crippen MR) is 300 cm³/mol. The first-order valence-electron chi connectivity index (χ1n) is 29.5. The van der Waals surface area contributed by atoms with E-state index in [1.165, 1.54) is 161 Å². The number of rotatable bonds is 54. The first-order chi connectivity index (χ1) is 34.5. The van der Waals surface area contributed by atoms with Crippen molar-refractivity contribution in [3.8, 4) is 0 Å². The van der Waals surface area contributed by atoms with Crippen molar-refractivity contribution in [3.63, 3.8) is 0 Å². The number of quaternary nitrogens is 1. The number of likely N-dealkylation sites (N-methyl/N-ethyl adjacent to an activating group) is 1. The third-order valence-electron chi connectivity index (χ3n) is 12.8. The zero-order valence-corrected chi connectivity index (χ0v) is 47.8. The summed E-state index contributed by atoms with van der Waals surface area (Å²) in [5.41, 5.74) is 0. The summed E-state index contributed by atoms with van der Waals surface area (Å²) in [6.45, 7) is 4.22. The van der Waals surface area contributed by atoms with Crippen molar-refractivity contribution in [1.82, 2.24) is 0 Å². The van der Waals surface area contributed by atoms with Crippen LogP contribution < -0.4 is 4.89 Å². The Bertz CT molecular complexity index is 1380. The molecular formula is C61H112NO8P. The highest BCUT2D eigenvalue weighted by molar-refractivity contribution is 7.45. The summed E-state index contributed by atoms with van der Waals surface area (Å²) in [4.78, 5) is 37.9. The van der Waals surface area contributed by atoms with Crippen LogP contribution in [0.25, 0.3) is 0 Å². The molecule has 0 amide bonds. The third-order valence-corrected chi connectivity index (χ3v) is 13.7. The number of nitrogens with zero attached hydrogens (tertiary/aromatic N) is 1. The standard InChI is InChI=1S/C61H112NO8P/c1-6-8-10-12-14-16-18-20-22-24-26-27-28-29-30-31-32-33-34-35-36-38-40-42-44-46-48-50-52-54-61(64)70-59(58-69-71(65,66)68-56-55-62(3,4)5)57-67-60(63)53-51-49-47-45-43-41-39-37-25-23-21-19-17-15-13-11-9-7-2/h17-20,23-26,28-29,59H,6-16,21-22,27,30-58H2,1-5H3/b19-17-,20-18-,25-23-,26-24-,29-28-. The number of allylic oxidation sites excluding steroid dienone is 10. The smallest absolute Gasteiger partial charge is 0.306 e. The first-order valence-corrected chi connectivity index (χ1v) is 31.0. The molecule has 0 N–H and O–H groups in total. The minimum Gasteiger partial charge on any atom is -0.756 e. The summed E-state index contributed by atoms with van der Waals surface area (Å²) in [6, 6.07) is 0. The van der Waals surface area contributed by atoms with Crippen LogP contribution in [0.5, 0.6) is 0 Å². The van der Waals surface area contributed by atoms with E-state index >= 15 is 0 Å². The molecule has 0 fully saturated rings. The Kier molecular flexibility index (Phi) is 50.9. The molecule has 0 heterocycles. The van der Waals surface area contributed by atoms with Gasteiger partial charge in [-0.05, 0) is 83.5 Å². The number of ether oxygens (including phenoxy) is 2. The molecule has 2 unspecified atom stereocenters. The molecule has 2 atom stereocenters. The van der Waals surface area contributed by atoms with Crippen molar-refractivity contribution in [1.29, 1.82) is 0 Å². The van der Waals surface area contributed by atoms with Crippen LogP contribution in [0.3, 0.4) is 0 Å². The Morgan fingerprint density at radius 3 is 1.14 bits per heavy atom. The van der Waals surface area contributed by atoms with Crippen molar-refractivity contribution in [2.24, 2.45) is 0 Å². The summed E-state index contributed by atoms with van der Waals surface area (Å²) in [5, 5.41) is 0. The molecule has 10 heteroatoms. The molecule has 0 aliphatic carbocycles. The molecule has 9 nitrogen and oxygen atoms in total. The van der Waals surface area contributed by atoms with Gasteiger partial charge in [0, 0.05) is 12.8 Å². The van der Waals surface area contributed by atoms with Crippen molar-refractivity contribution in [2.45, 2.75) is 270 Å². The Morgan fingerprint density at radius 2 is 0.761 bits per heavy atom. The minimum atomic E-state index is -4.64. The van der Waals surface area contributed by atoms with E-state index in [1.54, 1.807) is 0 Å². The second-order valence-electron chi connectivity index (χ2n) is 21.0. The van der Waals surface area contributed by atoms with Crippen LogP contribution >= 0.6 is 7.82 Å². The zero-order valence-electron chi connectivity index (χ0n) is 46.9. The largest absolute Gasteiger partial charge is 0.756 e. The van der Waals surface area contributed by atoms with Crippen LogP contribution in [0.1, 0.15) is 264 Å². The van der Waals surface area contributed by atoms with Gasteiger partial charge < -0.3 is 27.9 Å². The molecule has 0 aromatic rings. The maximum absolute atomic E-state index is 12.8. The van der Waals surface area contributed by atoms with E-state index < -0.39 is 26.5 Å². The quantitative estimate of drug-likeness (QED) is 0.0195. The average Bonchev–Trinajstić information content (AvgIpc) is 3.33. The van der Waals surface area contributed by atoms with E-state index in [0.717, 1.165) is 70.6 Å². The number of unbranched alkanes of at least 4 members (excludes halogenated alkanes) is 30. The van der Waals surface area contributed by atoms with Gasteiger partial charge in [-0.15, -0.1) is 0 Å². The van der Waals surface area contributed by atoms with Gasteiger partial charge in [0.25, 0.3) is 7.82 Å². The minimum absolute atomic E-state index is 0.0334. The highest BCUT2D eigenvalue weighted by Gasteiger charge is 2.22. The lowest BCUT2D eigenvalue weighted by Crippen LogP contribution is -2.37. The van der Waals surface area contributed by atoms with Gasteiger partial charge in [-0.1, -0.05) is 229 Å². The van der Waals surface area contributed by atoms with Crippen molar-refractivity contribution >= 4 is 19.8 Å². The maximum atomic E-state index is 12.8. The fourth-order valence-electron chi connectivity index (χ4n) is 8.16. The van der Waals surface area contributed by atoms with Crippen LogP contribution in [0.15, 0.2) is 60.8 Å². The molecule has 0 radical (unpaired) electrons. The first kappa shape index (κ1) is 68.7. The molecular weight excluding hydrogens is 906 g/mol. The van der Waals surface area contributed by atoms with Gasteiger partial charge in [-0.2, -0.15) is 0 Å². The molecule has 0 spiro atoms. The fourth-order valence-corrected chi connectivity index (χ4v) is 8.89. The zero-order chi connectivity index (χ0) is 52.0. The van der Waals surface area contributed by atoms with E-state index in [0.29, 0.717) is 17.4 Å². The summed E-state index contributed by atoms with van der Waals surface area (Å²) < 4.78 is 34.2. The summed E-state index contributed by atoms with van der Waals surface area (Å²) in [5.74, 6) is -0.837. The number of carbonyl (C=O) groups excluding carboxylic acids is 2. The number of esters is 2. The number of phosphoric ester groups is 1. The predicted octanol–water partition coefficient (Wildman–Crippen LogP) is 17.7. The van der Waals surface area contributed by atoms with Gasteiger partial charge in [0.1, 0.15) is 19.8 Å². The molecule has 0 aromatic carbocycles. The Morgan fingerprint density at radius 1 is 0.437 bits per heavy atom. The highest BCUT2D eigenvalue weighted by Crippen LogP contribution is 2.38. The topological polar surface area (TPSA) is 111 Å². The molecule has 0 saturated heterocycles. The monoisotopic (exact) mass is 1020 g/mol. The third kappa shape index (κ3) is 56.9. The van der Waals surface area contributed by atoms with Crippen molar-refractivity contribution in [2.75, 3.05) is 47.5 Å². The Hall–Kier alpha value is -2.29. The number of hydrogen-bond donors (Lipinski definition) is 0. The summed E-state index contributed by atoms with van der Waals surface area (Å²) >= 11 is 0. The van der Waals surface area contributed by atoms with Gasteiger partial charge in [-0.3, -0.25) is 14.2 Å². The number of carbonyl (C=O) groups is 2.